The van der Waals surface area contributed by atoms with E-state index in [1.165, 1.54) is 6.07 Å². The Morgan fingerprint density at radius 3 is 2.77 bits per heavy atom. The van der Waals surface area contributed by atoms with Crippen molar-refractivity contribution in [3.63, 3.8) is 0 Å². The second-order valence-electron chi connectivity index (χ2n) is 8.42. The molecule has 6 nitrogen and oxygen atoms in total. The number of pyridine rings is 2. The highest BCUT2D eigenvalue weighted by Crippen LogP contribution is 2.43. The smallest absolute Gasteiger partial charge is 0.343 e. The van der Waals surface area contributed by atoms with Crippen LogP contribution in [0.15, 0.2) is 21.4 Å². The molecule has 2 aliphatic heterocycles. The van der Waals surface area contributed by atoms with Crippen LogP contribution < -0.4 is 5.56 Å². The fraction of sp³-hybridized carbons (Fsp3) is 0.348. The first-order valence-corrected chi connectivity index (χ1v) is 11.1. The number of aliphatic hydroxyl groups is 1. The summed E-state index contributed by atoms with van der Waals surface area (Å²) in [6.07, 6.45) is 2.58. The minimum absolute atomic E-state index is 0.0909. The Morgan fingerprint density at radius 1 is 1.23 bits per heavy atom. The zero-order chi connectivity index (χ0) is 21.7. The largest absolute Gasteiger partial charge is 0.458 e. The molecule has 0 bridgehead atoms. The van der Waals surface area contributed by atoms with Crippen LogP contribution in [0.4, 0.5) is 4.39 Å². The van der Waals surface area contributed by atoms with E-state index in [-0.39, 0.29) is 30.0 Å². The Hall–Kier alpha value is -2.58. The average Bonchev–Trinajstić information content (AvgIpc) is 3.14. The number of fused-ring (bicyclic) bond motifs is 5. The van der Waals surface area contributed by atoms with Crippen molar-refractivity contribution in [3.05, 3.63) is 60.6 Å². The van der Waals surface area contributed by atoms with Gasteiger partial charge < -0.3 is 14.4 Å². The number of hydrogen-bond donors (Lipinski definition) is 1. The van der Waals surface area contributed by atoms with Crippen LogP contribution >= 0.6 is 15.9 Å². The van der Waals surface area contributed by atoms with Gasteiger partial charge in [-0.1, -0.05) is 6.92 Å². The van der Waals surface area contributed by atoms with Crippen molar-refractivity contribution >= 4 is 32.8 Å². The van der Waals surface area contributed by atoms with Gasteiger partial charge >= 0.3 is 5.97 Å². The quantitative estimate of drug-likeness (QED) is 0.418. The Morgan fingerprint density at radius 2 is 2.00 bits per heavy atom. The van der Waals surface area contributed by atoms with Crippen molar-refractivity contribution in [2.24, 2.45) is 0 Å². The Balaban J connectivity index is 1.68. The molecule has 1 N–H and O–H groups in total. The van der Waals surface area contributed by atoms with Gasteiger partial charge in [0.25, 0.3) is 5.56 Å². The minimum atomic E-state index is -1.86. The summed E-state index contributed by atoms with van der Waals surface area (Å²) >= 11 is 3.39. The zero-order valence-corrected chi connectivity index (χ0v) is 18.3. The lowest BCUT2D eigenvalue weighted by atomic mass is 9.85. The van der Waals surface area contributed by atoms with E-state index in [0.717, 1.165) is 41.3 Å². The summed E-state index contributed by atoms with van der Waals surface area (Å²) in [5.74, 6) is -1.10. The van der Waals surface area contributed by atoms with Crippen molar-refractivity contribution in [2.45, 2.75) is 51.4 Å². The van der Waals surface area contributed by atoms with E-state index in [1.54, 1.807) is 17.6 Å². The maximum absolute atomic E-state index is 14.6. The first-order chi connectivity index (χ1) is 14.8. The third kappa shape index (κ3) is 2.32. The maximum Gasteiger partial charge on any atom is 0.343 e. The van der Waals surface area contributed by atoms with Crippen LogP contribution in [0.5, 0.6) is 0 Å². The predicted octanol–water partition coefficient (Wildman–Crippen LogP) is 3.47. The number of ether oxygens (including phenoxy) is 1. The van der Waals surface area contributed by atoms with Crippen LogP contribution in [-0.4, -0.2) is 20.6 Å². The molecule has 6 rings (SSSR count). The lowest BCUT2D eigenvalue weighted by Crippen LogP contribution is -2.44. The van der Waals surface area contributed by atoms with Gasteiger partial charge in [0.1, 0.15) is 12.4 Å². The van der Waals surface area contributed by atoms with Gasteiger partial charge in [0.2, 0.25) is 0 Å². The van der Waals surface area contributed by atoms with Crippen LogP contribution in [0.3, 0.4) is 0 Å². The molecule has 0 saturated carbocycles. The molecule has 2 aromatic heterocycles. The van der Waals surface area contributed by atoms with Gasteiger partial charge in [-0.05, 0) is 58.8 Å². The SMILES string of the molecule is CCC1(O)C(=O)OCc2c1cc1n(c2=O)Cc2c-1nc1cc(F)c(Br)c3c1c2CCC3. The van der Waals surface area contributed by atoms with Crippen molar-refractivity contribution in [3.8, 4) is 11.4 Å². The van der Waals surface area contributed by atoms with Crippen LogP contribution in [-0.2, 0) is 41.1 Å². The van der Waals surface area contributed by atoms with Crippen molar-refractivity contribution in [2.75, 3.05) is 0 Å². The number of aryl methyl sites for hydroxylation is 2. The summed E-state index contributed by atoms with van der Waals surface area (Å²) in [6, 6.07) is 3.12. The molecule has 31 heavy (non-hydrogen) atoms. The van der Waals surface area contributed by atoms with Gasteiger partial charge in [0.15, 0.2) is 5.60 Å². The molecule has 8 heteroatoms. The van der Waals surface area contributed by atoms with E-state index in [4.69, 9.17) is 9.72 Å². The lowest BCUT2D eigenvalue weighted by Gasteiger charge is -2.31. The summed E-state index contributed by atoms with van der Waals surface area (Å²) in [6.45, 7) is 1.88. The number of hydrogen-bond acceptors (Lipinski definition) is 5. The summed E-state index contributed by atoms with van der Waals surface area (Å²) in [4.78, 5) is 30.4. The van der Waals surface area contributed by atoms with Gasteiger partial charge in [0, 0.05) is 22.6 Å². The number of benzene rings is 1. The number of esters is 1. The molecule has 158 valence electrons. The van der Waals surface area contributed by atoms with E-state index in [2.05, 4.69) is 15.9 Å². The highest BCUT2D eigenvalue weighted by Gasteiger charge is 2.45. The number of rotatable bonds is 1. The third-order valence-electron chi connectivity index (χ3n) is 6.94. The Labute approximate surface area is 184 Å². The number of aromatic nitrogens is 2. The zero-order valence-electron chi connectivity index (χ0n) is 16.7. The van der Waals surface area contributed by atoms with Gasteiger partial charge in [-0.15, -0.1) is 0 Å². The van der Waals surface area contributed by atoms with Crippen molar-refractivity contribution in [1.29, 1.82) is 0 Å². The van der Waals surface area contributed by atoms with Gasteiger partial charge in [-0.2, -0.15) is 0 Å². The summed E-state index contributed by atoms with van der Waals surface area (Å²) in [7, 11) is 0. The second kappa shape index (κ2) is 6.23. The van der Waals surface area contributed by atoms with Crippen LogP contribution in [0.1, 0.15) is 47.6 Å². The van der Waals surface area contributed by atoms with Crippen LogP contribution in [0.2, 0.25) is 0 Å². The summed E-state index contributed by atoms with van der Waals surface area (Å²) in [5.41, 5.74) is 3.15. The molecule has 0 amide bonds. The predicted molar refractivity (Wildman–Crippen MR) is 114 cm³/mol. The molecule has 1 unspecified atom stereocenters. The van der Waals surface area contributed by atoms with E-state index in [0.29, 0.717) is 33.5 Å². The number of cyclic esters (lactones) is 1. The fourth-order valence-corrected chi connectivity index (χ4v) is 5.83. The van der Waals surface area contributed by atoms with E-state index in [1.807, 2.05) is 0 Å². The molecule has 3 aliphatic rings. The fourth-order valence-electron chi connectivity index (χ4n) is 5.32. The highest BCUT2D eigenvalue weighted by atomic mass is 79.9. The second-order valence-corrected chi connectivity index (χ2v) is 9.21. The van der Waals surface area contributed by atoms with Crippen molar-refractivity contribution < 1.29 is 19.0 Å². The number of carbonyl (C=O) groups is 1. The van der Waals surface area contributed by atoms with Crippen molar-refractivity contribution in [1.82, 2.24) is 9.55 Å². The molecule has 0 saturated heterocycles. The summed E-state index contributed by atoms with van der Waals surface area (Å²) < 4.78 is 21.8. The van der Waals surface area contributed by atoms with Crippen LogP contribution in [0, 0.1) is 5.82 Å². The Bertz CT molecular complexity index is 1410. The Kier molecular flexibility index (Phi) is 3.85. The molecule has 1 aromatic carbocycles. The molecular weight excluding hydrogens is 467 g/mol. The first-order valence-electron chi connectivity index (χ1n) is 10.3. The minimum Gasteiger partial charge on any atom is -0.458 e. The molecule has 0 fully saturated rings. The third-order valence-corrected chi connectivity index (χ3v) is 7.79. The molecule has 0 radical (unpaired) electrons. The molecule has 4 heterocycles. The van der Waals surface area contributed by atoms with E-state index in [9.17, 15) is 19.1 Å². The topological polar surface area (TPSA) is 81.4 Å². The van der Waals surface area contributed by atoms with E-state index < -0.39 is 11.6 Å². The number of nitrogens with zero attached hydrogens (tertiary/aromatic N) is 2. The molecular formula is C23H18BrFN2O4. The number of halogens is 2. The van der Waals surface area contributed by atoms with E-state index >= 15 is 0 Å². The monoisotopic (exact) mass is 484 g/mol. The number of carbonyl (C=O) groups excluding carboxylic acids is 1. The average molecular weight is 485 g/mol. The molecule has 1 aliphatic carbocycles. The summed E-state index contributed by atoms with van der Waals surface area (Å²) in [5, 5.41) is 12.0. The maximum atomic E-state index is 14.6. The lowest BCUT2D eigenvalue weighted by molar-refractivity contribution is -0.172. The highest BCUT2D eigenvalue weighted by molar-refractivity contribution is 9.10. The van der Waals surface area contributed by atoms with Gasteiger partial charge in [-0.3, -0.25) is 4.79 Å². The molecule has 3 aromatic rings. The first kappa shape index (κ1) is 19.1. The molecule has 1 atom stereocenters. The standard InChI is InChI=1S/C23H18BrFN2O4/c1-2-23(30)14-6-17-20-12(8-27(17)21(28)13(14)9-31-22(23)29)10-4-3-5-11-18(10)16(26-20)7-15(25)19(11)24/h6-7,30H,2-5,8-9H2,1H3. The van der Waals surface area contributed by atoms with Gasteiger partial charge in [-0.25, -0.2) is 14.2 Å². The van der Waals surface area contributed by atoms with Gasteiger partial charge in [0.05, 0.1) is 33.5 Å². The normalized spacial score (nSPS) is 21.0. The molecule has 0 spiro atoms. The van der Waals surface area contributed by atoms with Crippen LogP contribution in [0.25, 0.3) is 22.3 Å².